The van der Waals surface area contributed by atoms with Gasteiger partial charge in [-0.3, -0.25) is 4.79 Å². The largest absolute Gasteiger partial charge is 0.466 e. The van der Waals surface area contributed by atoms with Crippen molar-refractivity contribution in [3.63, 3.8) is 0 Å². The van der Waals surface area contributed by atoms with Crippen LogP contribution in [0.1, 0.15) is 13.3 Å². The standard InChI is InChI=1S/C14H17NO3/c1-4-13(16)15(10-11(2)14(17)18-3)12-8-6-5-7-9-12/h5-9H,2,4,10H2,1,3H3. The summed E-state index contributed by atoms with van der Waals surface area (Å²) < 4.78 is 4.59. The van der Waals surface area contributed by atoms with Gasteiger partial charge in [0, 0.05) is 17.7 Å². The summed E-state index contributed by atoms with van der Waals surface area (Å²) in [6.45, 7) is 5.56. The van der Waals surface area contributed by atoms with Crippen molar-refractivity contribution >= 4 is 17.6 Å². The molecular weight excluding hydrogens is 230 g/mol. The summed E-state index contributed by atoms with van der Waals surface area (Å²) in [7, 11) is 1.29. The van der Waals surface area contributed by atoms with Crippen molar-refractivity contribution in [3.8, 4) is 0 Å². The maximum atomic E-state index is 11.9. The maximum absolute atomic E-state index is 11.9. The molecule has 0 aromatic heterocycles. The van der Waals surface area contributed by atoms with Gasteiger partial charge in [0.1, 0.15) is 0 Å². The third kappa shape index (κ3) is 3.45. The van der Waals surface area contributed by atoms with Crippen LogP contribution in [0.5, 0.6) is 0 Å². The van der Waals surface area contributed by atoms with E-state index in [0.29, 0.717) is 6.42 Å². The number of para-hydroxylation sites is 1. The second-order valence-corrected chi connectivity index (χ2v) is 3.76. The van der Waals surface area contributed by atoms with Crippen LogP contribution >= 0.6 is 0 Å². The normalized spacial score (nSPS) is 9.67. The molecule has 0 heterocycles. The van der Waals surface area contributed by atoms with Crippen molar-refractivity contribution in [1.29, 1.82) is 0 Å². The Morgan fingerprint density at radius 2 is 1.89 bits per heavy atom. The Bertz CT molecular complexity index is 440. The number of ether oxygens (including phenoxy) is 1. The number of esters is 1. The van der Waals surface area contributed by atoms with Crippen molar-refractivity contribution < 1.29 is 14.3 Å². The molecule has 0 saturated carbocycles. The van der Waals surface area contributed by atoms with E-state index in [2.05, 4.69) is 11.3 Å². The van der Waals surface area contributed by atoms with Gasteiger partial charge in [-0.1, -0.05) is 31.7 Å². The van der Waals surface area contributed by atoms with Crippen molar-refractivity contribution in [1.82, 2.24) is 0 Å². The quantitative estimate of drug-likeness (QED) is 0.591. The smallest absolute Gasteiger partial charge is 0.334 e. The molecule has 1 aromatic carbocycles. The molecule has 4 nitrogen and oxygen atoms in total. The van der Waals surface area contributed by atoms with Crippen molar-refractivity contribution in [3.05, 3.63) is 42.5 Å². The first kappa shape index (κ1) is 14.0. The van der Waals surface area contributed by atoms with E-state index < -0.39 is 5.97 Å². The van der Waals surface area contributed by atoms with Gasteiger partial charge in [0.15, 0.2) is 0 Å². The van der Waals surface area contributed by atoms with Crippen LogP contribution in [-0.4, -0.2) is 25.5 Å². The monoisotopic (exact) mass is 247 g/mol. The molecule has 1 amide bonds. The zero-order valence-corrected chi connectivity index (χ0v) is 10.7. The Morgan fingerprint density at radius 3 is 2.39 bits per heavy atom. The van der Waals surface area contributed by atoms with E-state index in [1.807, 2.05) is 30.3 Å². The molecule has 1 rings (SSSR count). The Morgan fingerprint density at radius 1 is 1.28 bits per heavy atom. The second kappa shape index (κ2) is 6.59. The van der Waals surface area contributed by atoms with E-state index in [-0.39, 0.29) is 18.0 Å². The predicted octanol–water partition coefficient (Wildman–Crippen LogP) is 2.16. The zero-order chi connectivity index (χ0) is 13.5. The summed E-state index contributed by atoms with van der Waals surface area (Å²) in [6.07, 6.45) is 0.364. The van der Waals surface area contributed by atoms with Crippen LogP contribution in [-0.2, 0) is 14.3 Å². The molecule has 96 valence electrons. The number of rotatable bonds is 5. The van der Waals surface area contributed by atoms with Crippen molar-refractivity contribution in [2.24, 2.45) is 0 Å². The number of hydrogen-bond donors (Lipinski definition) is 0. The highest BCUT2D eigenvalue weighted by atomic mass is 16.5. The summed E-state index contributed by atoms with van der Waals surface area (Å²) in [6, 6.07) is 9.18. The van der Waals surface area contributed by atoms with Gasteiger partial charge in [0.2, 0.25) is 5.91 Å². The molecule has 0 saturated heterocycles. The molecule has 0 unspecified atom stereocenters. The van der Waals surface area contributed by atoms with Gasteiger partial charge in [-0.2, -0.15) is 0 Å². The molecule has 0 spiro atoms. The molecular formula is C14H17NO3. The average Bonchev–Trinajstić information content (AvgIpc) is 2.43. The number of carbonyl (C=O) groups excluding carboxylic acids is 2. The van der Waals surface area contributed by atoms with Crippen LogP contribution in [0, 0.1) is 0 Å². The highest BCUT2D eigenvalue weighted by Crippen LogP contribution is 2.16. The number of amides is 1. The van der Waals surface area contributed by atoms with Gasteiger partial charge in [0.05, 0.1) is 13.7 Å². The summed E-state index contributed by atoms with van der Waals surface area (Å²) >= 11 is 0. The summed E-state index contributed by atoms with van der Waals surface area (Å²) in [4.78, 5) is 24.7. The van der Waals surface area contributed by atoms with Crippen LogP contribution in [0.25, 0.3) is 0 Å². The van der Waals surface area contributed by atoms with Crippen molar-refractivity contribution in [2.45, 2.75) is 13.3 Å². The number of benzene rings is 1. The minimum atomic E-state index is -0.500. The number of hydrogen-bond acceptors (Lipinski definition) is 3. The van der Waals surface area contributed by atoms with Gasteiger partial charge in [-0.25, -0.2) is 4.79 Å². The van der Waals surface area contributed by atoms with E-state index in [9.17, 15) is 9.59 Å². The van der Waals surface area contributed by atoms with E-state index in [1.54, 1.807) is 6.92 Å². The number of carbonyl (C=O) groups is 2. The average molecular weight is 247 g/mol. The fourth-order valence-electron chi connectivity index (χ4n) is 1.52. The van der Waals surface area contributed by atoms with Crippen LogP contribution in [0.4, 0.5) is 5.69 Å². The first-order valence-electron chi connectivity index (χ1n) is 5.71. The first-order valence-corrected chi connectivity index (χ1v) is 5.71. The minimum Gasteiger partial charge on any atom is -0.466 e. The van der Waals surface area contributed by atoms with E-state index in [4.69, 9.17) is 0 Å². The second-order valence-electron chi connectivity index (χ2n) is 3.76. The molecule has 0 N–H and O–H groups in total. The number of anilines is 1. The molecule has 4 heteroatoms. The van der Waals surface area contributed by atoms with Crippen LogP contribution < -0.4 is 4.90 Å². The van der Waals surface area contributed by atoms with Gasteiger partial charge < -0.3 is 9.64 Å². The van der Waals surface area contributed by atoms with E-state index >= 15 is 0 Å². The minimum absolute atomic E-state index is 0.0637. The Balaban J connectivity index is 2.91. The third-order valence-corrected chi connectivity index (χ3v) is 2.49. The maximum Gasteiger partial charge on any atom is 0.334 e. The molecule has 0 atom stereocenters. The summed E-state index contributed by atoms with van der Waals surface area (Å²) in [5, 5.41) is 0. The van der Waals surface area contributed by atoms with Crippen molar-refractivity contribution in [2.75, 3.05) is 18.6 Å². The Labute approximate surface area is 107 Å². The Hall–Kier alpha value is -2.10. The molecule has 1 aromatic rings. The first-order chi connectivity index (χ1) is 8.60. The topological polar surface area (TPSA) is 46.6 Å². The molecule has 0 aliphatic rings. The SMILES string of the molecule is C=C(CN(C(=O)CC)c1ccccc1)C(=O)OC. The lowest BCUT2D eigenvalue weighted by Gasteiger charge is -2.22. The van der Waals surface area contributed by atoms with Gasteiger partial charge in [0.25, 0.3) is 0 Å². The lowest BCUT2D eigenvalue weighted by molar-refractivity contribution is -0.136. The highest BCUT2D eigenvalue weighted by molar-refractivity contribution is 5.97. The molecule has 0 radical (unpaired) electrons. The highest BCUT2D eigenvalue weighted by Gasteiger charge is 2.18. The molecule has 0 aliphatic heterocycles. The van der Waals surface area contributed by atoms with E-state index in [0.717, 1.165) is 5.69 Å². The van der Waals surface area contributed by atoms with Gasteiger partial charge in [-0.05, 0) is 12.1 Å². The lowest BCUT2D eigenvalue weighted by atomic mass is 10.2. The summed E-state index contributed by atoms with van der Waals surface area (Å²) in [5.74, 6) is -0.564. The van der Waals surface area contributed by atoms with E-state index in [1.165, 1.54) is 12.0 Å². The predicted molar refractivity (Wildman–Crippen MR) is 70.2 cm³/mol. The summed E-state index contributed by atoms with van der Waals surface area (Å²) in [5.41, 5.74) is 0.998. The van der Waals surface area contributed by atoms with Gasteiger partial charge >= 0.3 is 5.97 Å². The third-order valence-electron chi connectivity index (χ3n) is 2.49. The van der Waals surface area contributed by atoms with Crippen LogP contribution in [0.15, 0.2) is 42.5 Å². The van der Waals surface area contributed by atoms with Crippen LogP contribution in [0.3, 0.4) is 0 Å². The molecule has 0 fully saturated rings. The zero-order valence-electron chi connectivity index (χ0n) is 10.7. The van der Waals surface area contributed by atoms with Crippen LogP contribution in [0.2, 0.25) is 0 Å². The molecule has 0 bridgehead atoms. The fraction of sp³-hybridized carbons (Fsp3) is 0.286. The Kier molecular flexibility index (Phi) is 5.11. The molecule has 0 aliphatic carbocycles. The fourth-order valence-corrected chi connectivity index (χ4v) is 1.52. The number of nitrogens with zero attached hydrogens (tertiary/aromatic N) is 1. The lowest BCUT2D eigenvalue weighted by Crippen LogP contribution is -2.33. The number of methoxy groups -OCH3 is 1. The molecule has 18 heavy (non-hydrogen) atoms. The van der Waals surface area contributed by atoms with Gasteiger partial charge in [-0.15, -0.1) is 0 Å².